The Morgan fingerprint density at radius 3 is 1.16 bits per heavy atom. The summed E-state index contributed by atoms with van der Waals surface area (Å²) < 4.78 is 19.1. The van der Waals surface area contributed by atoms with Crippen molar-refractivity contribution in [3.8, 4) is 0 Å². The van der Waals surface area contributed by atoms with Crippen LogP contribution >= 0.6 is 0 Å². The Morgan fingerprint density at radius 2 is 0.919 bits per heavy atom. The van der Waals surface area contributed by atoms with E-state index < -0.39 is 0 Å². The molecule has 0 aliphatic carbocycles. The molecule has 0 saturated carbocycles. The Labute approximate surface area is 223 Å². The van der Waals surface area contributed by atoms with Crippen molar-refractivity contribution < 1.29 is 14.2 Å². The first kappa shape index (κ1) is 27.3. The molecule has 2 fully saturated rings. The molecule has 4 atom stereocenters. The van der Waals surface area contributed by atoms with Gasteiger partial charge >= 0.3 is 0 Å². The van der Waals surface area contributed by atoms with Crippen LogP contribution in [-0.4, -0.2) is 25.4 Å². The number of allylic oxidation sites excluding steroid dienone is 8. The molecule has 3 heteroatoms. The van der Waals surface area contributed by atoms with Gasteiger partial charge in [0.25, 0.3) is 0 Å². The number of epoxide rings is 2. The Kier molecular flexibility index (Phi) is 10.1. The topological polar surface area (TPSA) is 34.3 Å². The quantitative estimate of drug-likeness (QED) is 0.197. The minimum Gasteiger partial charge on any atom is -0.370 e. The largest absolute Gasteiger partial charge is 0.370 e. The zero-order valence-electron chi connectivity index (χ0n) is 22.9. The lowest BCUT2D eigenvalue weighted by molar-refractivity contribution is -0.0432. The number of benzene rings is 2. The van der Waals surface area contributed by atoms with Crippen LogP contribution in [0.3, 0.4) is 0 Å². The first-order valence-electron chi connectivity index (χ1n) is 13.8. The van der Waals surface area contributed by atoms with E-state index in [0.29, 0.717) is 0 Å². The summed E-state index contributed by atoms with van der Waals surface area (Å²) in [6.45, 7) is 9.78. The van der Waals surface area contributed by atoms with Crippen LogP contribution < -0.4 is 0 Å². The van der Waals surface area contributed by atoms with E-state index in [4.69, 9.17) is 14.2 Å². The summed E-state index contributed by atoms with van der Waals surface area (Å²) in [7, 11) is 0. The fourth-order valence-electron chi connectivity index (χ4n) is 5.06. The van der Waals surface area contributed by atoms with Gasteiger partial charge < -0.3 is 14.2 Å². The molecule has 196 valence electrons. The summed E-state index contributed by atoms with van der Waals surface area (Å²) in [5.74, 6) is 0. The molecule has 2 aliphatic rings. The normalized spacial score (nSPS) is 21.0. The monoisotopic (exact) mass is 498 g/mol. The predicted molar refractivity (Wildman–Crippen MR) is 153 cm³/mol. The van der Waals surface area contributed by atoms with Crippen molar-refractivity contribution in [2.24, 2.45) is 0 Å². The Morgan fingerprint density at radius 1 is 0.622 bits per heavy atom. The van der Waals surface area contributed by atoms with Crippen molar-refractivity contribution in [3.63, 3.8) is 0 Å². The fraction of sp³-hybridized carbons (Fsp3) is 0.412. The second-order valence-corrected chi connectivity index (χ2v) is 9.79. The second-order valence-electron chi connectivity index (χ2n) is 9.79. The van der Waals surface area contributed by atoms with Gasteiger partial charge in [-0.2, -0.15) is 0 Å². The molecular weight excluding hydrogens is 456 g/mol. The third-order valence-corrected chi connectivity index (χ3v) is 7.12. The van der Waals surface area contributed by atoms with E-state index in [0.717, 1.165) is 38.9 Å². The molecule has 37 heavy (non-hydrogen) atoms. The summed E-state index contributed by atoms with van der Waals surface area (Å²) in [4.78, 5) is 0. The molecule has 0 bridgehead atoms. The second kappa shape index (κ2) is 13.7. The Hall–Kier alpha value is -2.72. The number of hydrogen-bond acceptors (Lipinski definition) is 3. The molecule has 2 saturated heterocycles. The summed E-state index contributed by atoms with van der Waals surface area (Å²) in [6.07, 6.45) is 20.8. The highest BCUT2D eigenvalue weighted by Crippen LogP contribution is 2.44. The predicted octanol–water partition coefficient (Wildman–Crippen LogP) is 7.76. The third kappa shape index (κ3) is 7.19. The van der Waals surface area contributed by atoms with E-state index in [2.05, 4.69) is 113 Å². The minimum absolute atomic E-state index is 0.0686. The van der Waals surface area contributed by atoms with Crippen molar-refractivity contribution in [1.29, 1.82) is 0 Å². The van der Waals surface area contributed by atoms with Crippen LogP contribution in [-0.2, 0) is 39.9 Å². The van der Waals surface area contributed by atoms with Crippen molar-refractivity contribution in [1.82, 2.24) is 0 Å². The molecule has 4 rings (SSSR count). The molecule has 0 N–H and O–H groups in total. The maximum absolute atomic E-state index is 7.21. The Balaban J connectivity index is 1.79. The molecule has 0 radical (unpaired) electrons. The molecule has 3 nitrogen and oxygen atoms in total. The lowest BCUT2D eigenvalue weighted by Crippen LogP contribution is -2.23. The SMILES string of the molecule is CC=CCc1cccc(CC=CC)c1C(OC(c1c(CC=CC)cccc1CC=CC)C1CO1)C1CO1. The van der Waals surface area contributed by atoms with E-state index in [1.54, 1.807) is 0 Å². The summed E-state index contributed by atoms with van der Waals surface area (Å²) in [5.41, 5.74) is 7.82. The van der Waals surface area contributed by atoms with Gasteiger partial charge in [-0.1, -0.05) is 85.0 Å². The van der Waals surface area contributed by atoms with Gasteiger partial charge in [0.05, 0.1) is 13.2 Å². The number of hydrogen-bond donors (Lipinski definition) is 0. The highest BCUT2D eigenvalue weighted by atomic mass is 16.6. The van der Waals surface area contributed by atoms with Gasteiger partial charge in [-0.15, -0.1) is 0 Å². The summed E-state index contributed by atoms with van der Waals surface area (Å²) in [5, 5.41) is 0. The van der Waals surface area contributed by atoms with Gasteiger partial charge in [-0.05, 0) is 86.8 Å². The Bertz CT molecular complexity index is 978. The molecule has 2 aromatic carbocycles. The summed E-state index contributed by atoms with van der Waals surface area (Å²) in [6, 6.07) is 13.3. The maximum Gasteiger partial charge on any atom is 0.112 e. The van der Waals surface area contributed by atoms with E-state index in [1.165, 1.54) is 33.4 Å². The third-order valence-electron chi connectivity index (χ3n) is 7.12. The summed E-state index contributed by atoms with van der Waals surface area (Å²) >= 11 is 0. The van der Waals surface area contributed by atoms with Crippen LogP contribution in [0, 0.1) is 0 Å². The average Bonchev–Trinajstić information content (AvgIpc) is 3.83. The van der Waals surface area contributed by atoms with Gasteiger partial charge in [-0.3, -0.25) is 0 Å². The van der Waals surface area contributed by atoms with E-state index in [-0.39, 0.29) is 24.4 Å². The van der Waals surface area contributed by atoms with Crippen LogP contribution in [0.15, 0.2) is 85.0 Å². The van der Waals surface area contributed by atoms with Gasteiger partial charge in [0, 0.05) is 0 Å². The molecule has 0 spiro atoms. The zero-order valence-corrected chi connectivity index (χ0v) is 22.9. The van der Waals surface area contributed by atoms with Gasteiger partial charge in [0.15, 0.2) is 0 Å². The van der Waals surface area contributed by atoms with Crippen LogP contribution in [0.4, 0.5) is 0 Å². The highest BCUT2D eigenvalue weighted by Gasteiger charge is 2.44. The van der Waals surface area contributed by atoms with Crippen molar-refractivity contribution in [2.45, 2.75) is 77.8 Å². The van der Waals surface area contributed by atoms with Crippen molar-refractivity contribution in [2.75, 3.05) is 13.2 Å². The first-order chi connectivity index (χ1) is 18.2. The van der Waals surface area contributed by atoms with Gasteiger partial charge in [-0.25, -0.2) is 0 Å². The maximum atomic E-state index is 7.21. The van der Waals surface area contributed by atoms with Crippen LogP contribution in [0.5, 0.6) is 0 Å². The molecule has 2 heterocycles. The minimum atomic E-state index is -0.139. The molecule has 2 aromatic rings. The first-order valence-corrected chi connectivity index (χ1v) is 13.8. The van der Waals surface area contributed by atoms with Crippen LogP contribution in [0.1, 0.15) is 73.3 Å². The highest BCUT2D eigenvalue weighted by molar-refractivity contribution is 5.43. The standard InChI is InChI=1S/C34H42O3/c1-5-9-15-25-19-13-20-26(16-10-6-2)31(25)33(29-23-35-29)37-34(30-24-36-30)32-27(17-11-7-3)21-14-22-28(32)18-12-8-4/h5-14,19-22,29-30,33-34H,15-18,23-24H2,1-4H3. The number of rotatable bonds is 14. The van der Waals surface area contributed by atoms with E-state index in [9.17, 15) is 0 Å². The molecule has 2 aliphatic heterocycles. The van der Waals surface area contributed by atoms with Gasteiger partial charge in [0.2, 0.25) is 0 Å². The van der Waals surface area contributed by atoms with Crippen molar-refractivity contribution >= 4 is 0 Å². The van der Waals surface area contributed by atoms with Gasteiger partial charge in [0.1, 0.15) is 24.4 Å². The molecular formula is C34H42O3. The van der Waals surface area contributed by atoms with Crippen LogP contribution in [0.25, 0.3) is 0 Å². The molecule has 0 aromatic heterocycles. The zero-order chi connectivity index (χ0) is 26.0. The van der Waals surface area contributed by atoms with E-state index >= 15 is 0 Å². The molecule has 4 unspecified atom stereocenters. The smallest absolute Gasteiger partial charge is 0.112 e. The lowest BCUT2D eigenvalue weighted by Gasteiger charge is -2.29. The van der Waals surface area contributed by atoms with Crippen molar-refractivity contribution in [3.05, 3.63) is 118 Å². The molecule has 0 amide bonds. The average molecular weight is 499 g/mol. The fourth-order valence-corrected chi connectivity index (χ4v) is 5.06. The van der Waals surface area contributed by atoms with Crippen LogP contribution in [0.2, 0.25) is 0 Å². The lowest BCUT2D eigenvalue weighted by atomic mass is 9.89. The number of ether oxygens (including phenoxy) is 3. The van der Waals surface area contributed by atoms with E-state index in [1.807, 2.05) is 0 Å².